The highest BCUT2D eigenvalue weighted by Crippen LogP contribution is 2.24. The predicted octanol–water partition coefficient (Wildman–Crippen LogP) is 2.53. The van der Waals surface area contributed by atoms with Crippen LogP contribution in [0.5, 0.6) is 0 Å². The third-order valence-corrected chi connectivity index (χ3v) is 2.70. The van der Waals surface area contributed by atoms with Gasteiger partial charge in [0.15, 0.2) is 0 Å². The predicted molar refractivity (Wildman–Crippen MR) is 65.0 cm³/mol. The standard InChI is InChI=1S/C12H11ClN2O2/c1-15-6-5-11(14-15)8-3-4-9(10(13)7-8)12(16)17-2/h3-7H,1-2H3. The molecule has 17 heavy (non-hydrogen) atoms. The van der Waals surface area contributed by atoms with E-state index in [2.05, 4.69) is 9.84 Å². The van der Waals surface area contributed by atoms with E-state index in [1.165, 1.54) is 7.11 Å². The molecule has 0 N–H and O–H groups in total. The summed E-state index contributed by atoms with van der Waals surface area (Å²) in [6.07, 6.45) is 1.84. The first-order chi connectivity index (χ1) is 8.11. The first kappa shape index (κ1) is 11.7. The summed E-state index contributed by atoms with van der Waals surface area (Å²) >= 11 is 6.02. The van der Waals surface area contributed by atoms with Crippen molar-refractivity contribution in [3.8, 4) is 11.3 Å². The Morgan fingerprint density at radius 1 is 1.41 bits per heavy atom. The number of esters is 1. The van der Waals surface area contributed by atoms with E-state index in [1.807, 2.05) is 19.3 Å². The van der Waals surface area contributed by atoms with Gasteiger partial charge in [-0.2, -0.15) is 5.10 Å². The lowest BCUT2D eigenvalue weighted by Gasteiger charge is -2.03. The number of aryl methyl sites for hydroxylation is 1. The van der Waals surface area contributed by atoms with E-state index in [0.717, 1.165) is 11.3 Å². The number of ether oxygens (including phenoxy) is 1. The summed E-state index contributed by atoms with van der Waals surface area (Å²) in [6.45, 7) is 0. The van der Waals surface area contributed by atoms with Gasteiger partial charge in [0.2, 0.25) is 0 Å². The Bertz CT molecular complexity index is 563. The molecule has 1 aromatic heterocycles. The topological polar surface area (TPSA) is 44.1 Å². The van der Waals surface area contributed by atoms with Crippen molar-refractivity contribution < 1.29 is 9.53 Å². The Labute approximate surface area is 104 Å². The van der Waals surface area contributed by atoms with Crippen LogP contribution in [0.4, 0.5) is 0 Å². The number of aromatic nitrogens is 2. The Hall–Kier alpha value is -1.81. The van der Waals surface area contributed by atoms with Crippen LogP contribution in [0.25, 0.3) is 11.3 Å². The van der Waals surface area contributed by atoms with E-state index in [4.69, 9.17) is 11.6 Å². The van der Waals surface area contributed by atoms with Gasteiger partial charge in [0.25, 0.3) is 0 Å². The molecule has 0 fully saturated rings. The highest BCUT2D eigenvalue weighted by Gasteiger charge is 2.12. The lowest BCUT2D eigenvalue weighted by Crippen LogP contribution is -2.01. The lowest BCUT2D eigenvalue weighted by atomic mass is 10.1. The third-order valence-electron chi connectivity index (χ3n) is 2.38. The number of nitrogens with zero attached hydrogens (tertiary/aromatic N) is 2. The van der Waals surface area contributed by atoms with Gasteiger partial charge < -0.3 is 4.74 Å². The van der Waals surface area contributed by atoms with Crippen LogP contribution in [0.3, 0.4) is 0 Å². The zero-order chi connectivity index (χ0) is 12.4. The number of rotatable bonds is 2. The molecule has 1 aromatic carbocycles. The van der Waals surface area contributed by atoms with Crippen molar-refractivity contribution in [2.45, 2.75) is 0 Å². The molecule has 2 rings (SSSR count). The summed E-state index contributed by atoms with van der Waals surface area (Å²) in [5.41, 5.74) is 2.03. The largest absolute Gasteiger partial charge is 0.465 e. The molecule has 1 heterocycles. The van der Waals surface area contributed by atoms with Gasteiger partial charge in [0.05, 0.1) is 23.4 Å². The quantitative estimate of drug-likeness (QED) is 0.770. The molecule has 0 saturated heterocycles. The van der Waals surface area contributed by atoms with Crippen LogP contribution in [0.2, 0.25) is 5.02 Å². The molecule has 0 radical (unpaired) electrons. The van der Waals surface area contributed by atoms with Gasteiger partial charge in [-0.05, 0) is 18.2 Å². The third kappa shape index (κ3) is 2.31. The molecular weight excluding hydrogens is 240 g/mol. The van der Waals surface area contributed by atoms with Crippen LogP contribution >= 0.6 is 11.6 Å². The average molecular weight is 251 g/mol. The summed E-state index contributed by atoms with van der Waals surface area (Å²) in [6, 6.07) is 7.01. The second-order valence-corrected chi connectivity index (χ2v) is 3.97. The maximum Gasteiger partial charge on any atom is 0.339 e. The minimum Gasteiger partial charge on any atom is -0.465 e. The molecule has 0 atom stereocenters. The minimum absolute atomic E-state index is 0.355. The number of carbonyl (C=O) groups is 1. The zero-order valence-electron chi connectivity index (χ0n) is 9.48. The monoisotopic (exact) mass is 250 g/mol. The molecule has 0 aliphatic carbocycles. The van der Waals surface area contributed by atoms with Crippen LogP contribution in [-0.2, 0) is 11.8 Å². The summed E-state index contributed by atoms with van der Waals surface area (Å²) in [5.74, 6) is -0.442. The van der Waals surface area contributed by atoms with E-state index in [9.17, 15) is 4.79 Å². The van der Waals surface area contributed by atoms with Crippen LogP contribution < -0.4 is 0 Å². The van der Waals surface area contributed by atoms with Gasteiger partial charge in [-0.15, -0.1) is 0 Å². The number of halogens is 1. The molecule has 0 bridgehead atoms. The van der Waals surface area contributed by atoms with Crippen molar-refractivity contribution in [1.29, 1.82) is 0 Å². The van der Waals surface area contributed by atoms with Gasteiger partial charge in [0, 0.05) is 18.8 Å². The van der Waals surface area contributed by atoms with Crippen molar-refractivity contribution in [1.82, 2.24) is 9.78 Å². The number of benzene rings is 1. The van der Waals surface area contributed by atoms with Gasteiger partial charge in [-0.25, -0.2) is 4.79 Å². The molecule has 0 saturated carbocycles. The number of hydrogen-bond acceptors (Lipinski definition) is 3. The van der Waals surface area contributed by atoms with E-state index >= 15 is 0 Å². The molecule has 0 amide bonds. The fourth-order valence-electron chi connectivity index (χ4n) is 1.52. The lowest BCUT2D eigenvalue weighted by molar-refractivity contribution is 0.0601. The summed E-state index contributed by atoms with van der Waals surface area (Å²) in [5, 5.41) is 4.62. The van der Waals surface area contributed by atoms with E-state index < -0.39 is 5.97 Å². The van der Waals surface area contributed by atoms with Crippen molar-refractivity contribution in [3.63, 3.8) is 0 Å². The first-order valence-electron chi connectivity index (χ1n) is 4.99. The number of carbonyl (C=O) groups excluding carboxylic acids is 1. The second kappa shape index (κ2) is 4.59. The van der Waals surface area contributed by atoms with E-state index in [1.54, 1.807) is 22.9 Å². The molecule has 2 aromatic rings. The Balaban J connectivity index is 2.40. The molecule has 0 spiro atoms. The van der Waals surface area contributed by atoms with E-state index in [0.29, 0.717) is 10.6 Å². The van der Waals surface area contributed by atoms with E-state index in [-0.39, 0.29) is 0 Å². The average Bonchev–Trinajstić information content (AvgIpc) is 2.75. The summed E-state index contributed by atoms with van der Waals surface area (Å²) in [4.78, 5) is 11.4. The Morgan fingerprint density at radius 2 is 2.18 bits per heavy atom. The van der Waals surface area contributed by atoms with Gasteiger partial charge in [-0.1, -0.05) is 17.7 Å². The van der Waals surface area contributed by atoms with Gasteiger partial charge >= 0.3 is 5.97 Å². The van der Waals surface area contributed by atoms with Crippen molar-refractivity contribution in [2.24, 2.45) is 7.05 Å². The maximum absolute atomic E-state index is 11.4. The van der Waals surface area contributed by atoms with Crippen LogP contribution in [0.1, 0.15) is 10.4 Å². The summed E-state index contributed by atoms with van der Waals surface area (Å²) in [7, 11) is 3.17. The molecule has 0 unspecified atom stereocenters. The molecule has 0 aliphatic heterocycles. The van der Waals surface area contributed by atoms with Crippen molar-refractivity contribution in [3.05, 3.63) is 41.0 Å². The molecule has 88 valence electrons. The summed E-state index contributed by atoms with van der Waals surface area (Å²) < 4.78 is 6.33. The fraction of sp³-hybridized carbons (Fsp3) is 0.167. The molecule has 0 aliphatic rings. The normalized spacial score (nSPS) is 10.3. The minimum atomic E-state index is -0.442. The molecule has 5 heteroatoms. The number of methoxy groups -OCH3 is 1. The fourth-order valence-corrected chi connectivity index (χ4v) is 1.78. The Morgan fingerprint density at radius 3 is 2.71 bits per heavy atom. The van der Waals surface area contributed by atoms with Gasteiger partial charge in [-0.3, -0.25) is 4.68 Å². The second-order valence-electron chi connectivity index (χ2n) is 3.56. The highest BCUT2D eigenvalue weighted by atomic mass is 35.5. The SMILES string of the molecule is COC(=O)c1ccc(-c2ccn(C)n2)cc1Cl. The van der Waals surface area contributed by atoms with Crippen molar-refractivity contribution in [2.75, 3.05) is 7.11 Å². The van der Waals surface area contributed by atoms with Crippen molar-refractivity contribution >= 4 is 17.6 Å². The van der Waals surface area contributed by atoms with Crippen LogP contribution in [0, 0.1) is 0 Å². The number of hydrogen-bond donors (Lipinski definition) is 0. The maximum atomic E-state index is 11.4. The first-order valence-corrected chi connectivity index (χ1v) is 5.37. The molecular formula is C12H11ClN2O2. The zero-order valence-corrected chi connectivity index (χ0v) is 10.2. The van der Waals surface area contributed by atoms with Gasteiger partial charge in [0.1, 0.15) is 0 Å². The smallest absolute Gasteiger partial charge is 0.339 e. The van der Waals surface area contributed by atoms with Crippen LogP contribution in [-0.4, -0.2) is 22.9 Å². The molecule has 4 nitrogen and oxygen atoms in total. The highest BCUT2D eigenvalue weighted by molar-refractivity contribution is 6.33. The van der Waals surface area contributed by atoms with Crippen LogP contribution in [0.15, 0.2) is 30.5 Å². The Kier molecular flexibility index (Phi) is 3.15.